The SMILES string of the molecule is CCCCCOCCCC(C)(N)C(=O)OC. The zero-order chi connectivity index (χ0) is 12.4. The smallest absolute Gasteiger partial charge is 0.325 e. The standard InChI is InChI=1S/C12H25NO3/c1-4-5-6-9-16-10-7-8-12(2,13)11(14)15-3/h4-10,13H2,1-3H3. The Labute approximate surface area is 98.5 Å². The molecule has 1 atom stereocenters. The first kappa shape index (κ1) is 15.4. The van der Waals surface area contributed by atoms with Gasteiger partial charge in [0.25, 0.3) is 0 Å². The van der Waals surface area contributed by atoms with Crippen LogP contribution in [0, 0.1) is 0 Å². The molecule has 0 rings (SSSR count). The summed E-state index contributed by atoms with van der Waals surface area (Å²) in [5.74, 6) is -0.363. The average Bonchev–Trinajstić information content (AvgIpc) is 2.26. The van der Waals surface area contributed by atoms with Crippen LogP contribution in [0.1, 0.15) is 46.0 Å². The van der Waals surface area contributed by atoms with Gasteiger partial charge in [0.2, 0.25) is 0 Å². The number of hydrogen-bond acceptors (Lipinski definition) is 4. The third kappa shape index (κ3) is 6.80. The molecule has 4 nitrogen and oxygen atoms in total. The number of methoxy groups -OCH3 is 1. The van der Waals surface area contributed by atoms with Crippen LogP contribution in [0.3, 0.4) is 0 Å². The van der Waals surface area contributed by atoms with Gasteiger partial charge in [-0.1, -0.05) is 19.8 Å². The second-order valence-electron chi connectivity index (χ2n) is 4.33. The molecule has 0 aliphatic carbocycles. The molecule has 0 aliphatic rings. The summed E-state index contributed by atoms with van der Waals surface area (Å²) < 4.78 is 10.1. The van der Waals surface area contributed by atoms with E-state index in [0.29, 0.717) is 13.0 Å². The first-order valence-electron chi connectivity index (χ1n) is 5.99. The van der Waals surface area contributed by atoms with Crippen molar-refractivity contribution in [1.82, 2.24) is 0 Å². The van der Waals surface area contributed by atoms with Gasteiger partial charge in [-0.15, -0.1) is 0 Å². The summed E-state index contributed by atoms with van der Waals surface area (Å²) in [4.78, 5) is 11.3. The highest BCUT2D eigenvalue weighted by atomic mass is 16.5. The maximum atomic E-state index is 11.3. The molecule has 4 heteroatoms. The Morgan fingerprint density at radius 3 is 2.44 bits per heavy atom. The van der Waals surface area contributed by atoms with E-state index in [1.165, 1.54) is 20.0 Å². The predicted molar refractivity (Wildman–Crippen MR) is 64.2 cm³/mol. The third-order valence-corrected chi connectivity index (χ3v) is 2.53. The zero-order valence-corrected chi connectivity index (χ0v) is 10.8. The van der Waals surface area contributed by atoms with Gasteiger partial charge >= 0.3 is 5.97 Å². The van der Waals surface area contributed by atoms with Gasteiger partial charge in [-0.2, -0.15) is 0 Å². The molecule has 0 aromatic rings. The molecule has 0 bridgehead atoms. The summed E-state index contributed by atoms with van der Waals surface area (Å²) in [5.41, 5.74) is 4.92. The van der Waals surface area contributed by atoms with Crippen molar-refractivity contribution in [3.05, 3.63) is 0 Å². The number of hydrogen-bond donors (Lipinski definition) is 1. The lowest BCUT2D eigenvalue weighted by Crippen LogP contribution is -2.45. The minimum atomic E-state index is -0.887. The Balaban J connectivity index is 3.47. The fourth-order valence-electron chi connectivity index (χ4n) is 1.43. The molecule has 16 heavy (non-hydrogen) atoms. The van der Waals surface area contributed by atoms with Gasteiger partial charge in [0.05, 0.1) is 7.11 Å². The van der Waals surface area contributed by atoms with E-state index in [0.717, 1.165) is 19.4 Å². The van der Waals surface area contributed by atoms with Gasteiger partial charge in [0, 0.05) is 13.2 Å². The predicted octanol–water partition coefficient (Wildman–Crippen LogP) is 1.86. The second-order valence-corrected chi connectivity index (χ2v) is 4.33. The Kier molecular flexibility index (Phi) is 8.21. The maximum absolute atomic E-state index is 11.3. The number of ether oxygens (including phenoxy) is 2. The summed E-state index contributed by atoms with van der Waals surface area (Å²) in [6, 6.07) is 0. The number of unbranched alkanes of at least 4 members (excludes halogenated alkanes) is 2. The molecule has 0 spiro atoms. The van der Waals surface area contributed by atoms with Gasteiger partial charge in [-0.25, -0.2) is 0 Å². The van der Waals surface area contributed by atoms with E-state index in [1.807, 2.05) is 0 Å². The summed E-state index contributed by atoms with van der Waals surface area (Å²) in [6.45, 7) is 5.31. The first-order chi connectivity index (χ1) is 7.54. The van der Waals surface area contributed by atoms with E-state index in [-0.39, 0.29) is 5.97 Å². The van der Waals surface area contributed by atoms with Crippen molar-refractivity contribution in [2.45, 2.75) is 51.5 Å². The monoisotopic (exact) mass is 231 g/mol. The molecule has 0 fully saturated rings. The molecule has 0 heterocycles. The van der Waals surface area contributed by atoms with E-state index in [9.17, 15) is 4.79 Å². The molecule has 0 aromatic carbocycles. The molecule has 0 saturated carbocycles. The number of rotatable bonds is 9. The van der Waals surface area contributed by atoms with Crippen LogP contribution in [0.5, 0.6) is 0 Å². The molecule has 0 amide bonds. The minimum Gasteiger partial charge on any atom is -0.468 e. The lowest BCUT2D eigenvalue weighted by Gasteiger charge is -2.20. The Hall–Kier alpha value is -0.610. The van der Waals surface area contributed by atoms with Crippen LogP contribution >= 0.6 is 0 Å². The zero-order valence-electron chi connectivity index (χ0n) is 10.8. The minimum absolute atomic E-state index is 0.363. The van der Waals surface area contributed by atoms with Gasteiger partial charge in [0.15, 0.2) is 0 Å². The molecule has 1 unspecified atom stereocenters. The highest BCUT2D eigenvalue weighted by Gasteiger charge is 2.28. The van der Waals surface area contributed by atoms with Crippen molar-refractivity contribution >= 4 is 5.97 Å². The largest absolute Gasteiger partial charge is 0.468 e. The van der Waals surface area contributed by atoms with Crippen LogP contribution in [0.15, 0.2) is 0 Å². The lowest BCUT2D eigenvalue weighted by molar-refractivity contribution is -0.146. The number of carbonyl (C=O) groups is 1. The van der Waals surface area contributed by atoms with Crippen molar-refractivity contribution < 1.29 is 14.3 Å². The number of nitrogens with two attached hydrogens (primary N) is 1. The van der Waals surface area contributed by atoms with Gasteiger partial charge < -0.3 is 15.2 Å². The van der Waals surface area contributed by atoms with E-state index in [2.05, 4.69) is 11.7 Å². The Morgan fingerprint density at radius 1 is 1.25 bits per heavy atom. The van der Waals surface area contributed by atoms with E-state index < -0.39 is 5.54 Å². The van der Waals surface area contributed by atoms with Crippen LogP contribution in [-0.4, -0.2) is 31.8 Å². The molecular weight excluding hydrogens is 206 g/mol. The topological polar surface area (TPSA) is 61.5 Å². The van der Waals surface area contributed by atoms with Crippen LogP contribution in [-0.2, 0) is 14.3 Å². The molecule has 0 aromatic heterocycles. The van der Waals surface area contributed by atoms with Gasteiger partial charge in [0.1, 0.15) is 5.54 Å². The highest BCUT2D eigenvalue weighted by Crippen LogP contribution is 2.10. The normalized spacial score (nSPS) is 14.5. The average molecular weight is 231 g/mol. The third-order valence-electron chi connectivity index (χ3n) is 2.53. The number of carbonyl (C=O) groups excluding carboxylic acids is 1. The molecule has 0 aliphatic heterocycles. The molecule has 0 radical (unpaired) electrons. The van der Waals surface area contributed by atoms with Crippen LogP contribution in [0.4, 0.5) is 0 Å². The summed E-state index contributed by atoms with van der Waals surface area (Å²) in [5, 5.41) is 0. The van der Waals surface area contributed by atoms with Crippen molar-refractivity contribution in [3.63, 3.8) is 0 Å². The number of esters is 1. The highest BCUT2D eigenvalue weighted by molar-refractivity contribution is 5.79. The summed E-state index contributed by atoms with van der Waals surface area (Å²) in [7, 11) is 1.36. The van der Waals surface area contributed by atoms with E-state index in [4.69, 9.17) is 10.5 Å². The molecule has 2 N–H and O–H groups in total. The van der Waals surface area contributed by atoms with Gasteiger partial charge in [-0.05, 0) is 26.2 Å². The maximum Gasteiger partial charge on any atom is 0.325 e. The quantitative estimate of drug-likeness (QED) is 0.486. The van der Waals surface area contributed by atoms with Crippen molar-refractivity contribution in [1.29, 1.82) is 0 Å². The molecule has 0 saturated heterocycles. The Morgan fingerprint density at radius 2 is 1.88 bits per heavy atom. The van der Waals surface area contributed by atoms with E-state index >= 15 is 0 Å². The fraction of sp³-hybridized carbons (Fsp3) is 0.917. The van der Waals surface area contributed by atoms with Crippen molar-refractivity contribution in [3.8, 4) is 0 Å². The second kappa shape index (κ2) is 8.53. The van der Waals surface area contributed by atoms with Crippen LogP contribution in [0.25, 0.3) is 0 Å². The van der Waals surface area contributed by atoms with E-state index in [1.54, 1.807) is 6.92 Å². The van der Waals surface area contributed by atoms with Crippen LogP contribution in [0.2, 0.25) is 0 Å². The molecular formula is C12H25NO3. The van der Waals surface area contributed by atoms with Crippen molar-refractivity contribution in [2.24, 2.45) is 5.73 Å². The summed E-state index contributed by atoms with van der Waals surface area (Å²) >= 11 is 0. The van der Waals surface area contributed by atoms with Gasteiger partial charge in [-0.3, -0.25) is 4.79 Å². The summed E-state index contributed by atoms with van der Waals surface area (Å²) in [6.07, 6.45) is 4.89. The Bertz CT molecular complexity index is 193. The lowest BCUT2D eigenvalue weighted by atomic mass is 9.98. The fourth-order valence-corrected chi connectivity index (χ4v) is 1.43. The van der Waals surface area contributed by atoms with Crippen molar-refractivity contribution in [2.75, 3.05) is 20.3 Å². The molecule has 96 valence electrons. The first-order valence-corrected chi connectivity index (χ1v) is 5.99. The van der Waals surface area contributed by atoms with Crippen LogP contribution < -0.4 is 5.73 Å².